The minimum absolute atomic E-state index is 0.0821. The van der Waals surface area contributed by atoms with E-state index >= 15 is 0 Å². The van der Waals surface area contributed by atoms with Crippen LogP contribution in [0.2, 0.25) is 0 Å². The minimum atomic E-state index is -4.97. The van der Waals surface area contributed by atoms with Gasteiger partial charge in [0.05, 0.1) is 26.4 Å². The van der Waals surface area contributed by atoms with Crippen molar-refractivity contribution in [3.05, 3.63) is 85.1 Å². The minimum Gasteiger partial charge on any atom is -0.462 e. The Balaban J connectivity index is 5.29. The Labute approximate surface area is 570 Å². The molecule has 0 heterocycles. The molecule has 0 aliphatic heterocycles. The first-order valence-electron chi connectivity index (χ1n) is 36.8. The van der Waals surface area contributed by atoms with E-state index in [0.29, 0.717) is 25.7 Å². The summed E-state index contributed by atoms with van der Waals surface area (Å²) in [5.74, 6) is -2.21. The van der Waals surface area contributed by atoms with Crippen molar-refractivity contribution in [3.8, 4) is 0 Å². The predicted octanol–water partition coefficient (Wildman–Crippen LogP) is 20.7. The van der Waals surface area contributed by atoms with Crippen LogP contribution in [0.15, 0.2) is 85.1 Å². The van der Waals surface area contributed by atoms with Crippen molar-refractivity contribution in [1.29, 1.82) is 0 Å². The highest BCUT2D eigenvalue weighted by Gasteiger charge is 2.30. The summed E-state index contributed by atoms with van der Waals surface area (Å²) in [5.41, 5.74) is 0. The van der Waals surface area contributed by atoms with E-state index in [1.807, 2.05) is 0 Å². The molecule has 94 heavy (non-hydrogen) atoms. The lowest BCUT2D eigenvalue weighted by Crippen LogP contribution is -2.30. The molecule has 0 aliphatic rings. The smallest absolute Gasteiger partial charge is 0.462 e. The third kappa shape index (κ3) is 66.8. The second kappa shape index (κ2) is 67.8. The summed E-state index contributed by atoms with van der Waals surface area (Å²) in [7, 11) is -9.94. The molecule has 0 aliphatic carbocycles. The number of esters is 4. The van der Waals surface area contributed by atoms with E-state index in [2.05, 4.69) is 113 Å². The fourth-order valence-electron chi connectivity index (χ4n) is 9.58. The SMILES string of the molecule is CCC/C=C\C/C=C\CCCCCCCC(=O)OCC(COP(=O)(O)OCC(O)COP(=O)(O)OCC(COC(=O)CCCCCCCC/C=C\C/C=C\C/C=C\CCCCC)OC(=O)CCCCCCC/C=C\CCCC)OC(=O)CCCCCCC/C=C\CCCC. The number of aliphatic hydroxyl groups excluding tert-OH is 1. The van der Waals surface area contributed by atoms with E-state index in [9.17, 15) is 43.2 Å². The lowest BCUT2D eigenvalue weighted by molar-refractivity contribution is -0.161. The van der Waals surface area contributed by atoms with Gasteiger partial charge < -0.3 is 33.8 Å². The first kappa shape index (κ1) is 90.2. The van der Waals surface area contributed by atoms with Crippen LogP contribution in [0.1, 0.15) is 310 Å². The molecule has 0 amide bonds. The molecule has 0 saturated carbocycles. The van der Waals surface area contributed by atoms with Gasteiger partial charge in [-0.05, 0) is 128 Å². The summed E-state index contributed by atoms with van der Waals surface area (Å²) in [6.07, 6.45) is 67.4. The second-order valence-corrected chi connectivity index (χ2v) is 27.4. The van der Waals surface area contributed by atoms with Crippen LogP contribution in [0.3, 0.4) is 0 Å². The molecule has 0 aromatic rings. The largest absolute Gasteiger partial charge is 0.472 e. The van der Waals surface area contributed by atoms with Crippen molar-refractivity contribution in [3.63, 3.8) is 0 Å². The molecule has 0 bridgehead atoms. The number of unbranched alkanes of at least 4 members (excludes halogenated alkanes) is 29. The molecule has 0 aromatic carbocycles. The summed E-state index contributed by atoms with van der Waals surface area (Å²) in [5, 5.41) is 10.6. The molecule has 0 aromatic heterocycles. The van der Waals surface area contributed by atoms with Crippen molar-refractivity contribution in [2.24, 2.45) is 0 Å². The molecule has 5 unspecified atom stereocenters. The number of hydrogen-bond acceptors (Lipinski definition) is 15. The normalized spacial score (nSPS) is 14.5. The van der Waals surface area contributed by atoms with Crippen LogP contribution in [0.5, 0.6) is 0 Å². The van der Waals surface area contributed by atoms with Crippen molar-refractivity contribution < 1.29 is 80.2 Å². The van der Waals surface area contributed by atoms with Gasteiger partial charge in [-0.25, -0.2) is 9.13 Å². The number of ether oxygens (including phenoxy) is 4. The summed E-state index contributed by atoms with van der Waals surface area (Å²) in [4.78, 5) is 72.6. The lowest BCUT2D eigenvalue weighted by atomic mass is 10.1. The molecule has 0 saturated heterocycles. The quantitative estimate of drug-likeness (QED) is 0.0169. The maximum Gasteiger partial charge on any atom is 0.472 e. The van der Waals surface area contributed by atoms with Gasteiger partial charge in [0.25, 0.3) is 0 Å². The Morgan fingerprint density at radius 1 is 0.298 bits per heavy atom. The first-order chi connectivity index (χ1) is 45.7. The monoisotopic (exact) mass is 1370 g/mol. The topological polar surface area (TPSA) is 237 Å². The molecular formula is C75H132O17P2. The van der Waals surface area contributed by atoms with E-state index in [-0.39, 0.29) is 25.7 Å². The molecule has 0 rings (SSSR count). The summed E-state index contributed by atoms with van der Waals surface area (Å²) in [6.45, 7) is 4.66. The summed E-state index contributed by atoms with van der Waals surface area (Å²) in [6, 6.07) is 0. The third-order valence-corrected chi connectivity index (χ3v) is 17.2. The molecule has 5 atom stereocenters. The number of carbonyl (C=O) groups excluding carboxylic acids is 4. The lowest BCUT2D eigenvalue weighted by Gasteiger charge is -2.21. The highest BCUT2D eigenvalue weighted by Crippen LogP contribution is 2.45. The fraction of sp³-hybridized carbons (Fsp3) is 0.760. The van der Waals surface area contributed by atoms with Crippen molar-refractivity contribution >= 4 is 39.5 Å². The van der Waals surface area contributed by atoms with Gasteiger partial charge in [-0.2, -0.15) is 0 Å². The van der Waals surface area contributed by atoms with Crippen LogP contribution in [0.25, 0.3) is 0 Å². The van der Waals surface area contributed by atoms with Gasteiger partial charge >= 0.3 is 39.5 Å². The third-order valence-electron chi connectivity index (χ3n) is 15.3. The zero-order chi connectivity index (χ0) is 69.0. The van der Waals surface area contributed by atoms with Crippen LogP contribution in [-0.2, 0) is 65.4 Å². The summed E-state index contributed by atoms with van der Waals surface area (Å²) >= 11 is 0. The van der Waals surface area contributed by atoms with Gasteiger partial charge in [-0.1, -0.05) is 241 Å². The van der Waals surface area contributed by atoms with Crippen molar-refractivity contribution in [2.75, 3.05) is 39.6 Å². The molecular weight excluding hydrogens is 1230 g/mol. The van der Waals surface area contributed by atoms with Crippen LogP contribution < -0.4 is 0 Å². The number of aliphatic hydroxyl groups is 1. The average Bonchev–Trinajstić information content (AvgIpc) is 1.24. The van der Waals surface area contributed by atoms with Crippen LogP contribution in [0.4, 0.5) is 0 Å². The average molecular weight is 1370 g/mol. The Bertz CT molecular complexity index is 2120. The number of carbonyl (C=O) groups is 4. The molecule has 0 fully saturated rings. The number of hydrogen-bond donors (Lipinski definition) is 3. The van der Waals surface area contributed by atoms with Gasteiger partial charge in [0, 0.05) is 25.7 Å². The van der Waals surface area contributed by atoms with Crippen molar-refractivity contribution in [1.82, 2.24) is 0 Å². The fourth-order valence-corrected chi connectivity index (χ4v) is 11.2. The van der Waals surface area contributed by atoms with E-state index in [1.54, 1.807) is 0 Å². The molecule has 3 N–H and O–H groups in total. The molecule has 0 radical (unpaired) electrons. The molecule has 544 valence electrons. The highest BCUT2D eigenvalue weighted by atomic mass is 31.2. The van der Waals surface area contributed by atoms with Gasteiger partial charge in [0.2, 0.25) is 0 Å². The van der Waals surface area contributed by atoms with Gasteiger partial charge in [0.15, 0.2) is 12.2 Å². The van der Waals surface area contributed by atoms with E-state index in [0.717, 1.165) is 186 Å². The van der Waals surface area contributed by atoms with Crippen LogP contribution in [-0.4, -0.2) is 96.7 Å². The second-order valence-electron chi connectivity index (χ2n) is 24.5. The number of phosphoric ester groups is 2. The molecule has 17 nitrogen and oxygen atoms in total. The van der Waals surface area contributed by atoms with Crippen molar-refractivity contribution in [2.45, 2.75) is 329 Å². The maximum absolute atomic E-state index is 13.0. The Kier molecular flexibility index (Phi) is 65.1. The number of phosphoric acid groups is 2. The van der Waals surface area contributed by atoms with Crippen LogP contribution >= 0.6 is 15.6 Å². The summed E-state index contributed by atoms with van der Waals surface area (Å²) < 4.78 is 68.2. The van der Waals surface area contributed by atoms with Gasteiger partial charge in [-0.15, -0.1) is 0 Å². The maximum atomic E-state index is 13.0. The Morgan fingerprint density at radius 2 is 0.553 bits per heavy atom. The molecule has 0 spiro atoms. The van der Waals surface area contributed by atoms with Gasteiger partial charge in [0.1, 0.15) is 19.3 Å². The van der Waals surface area contributed by atoms with E-state index in [1.165, 1.54) is 44.9 Å². The number of allylic oxidation sites excluding steroid dienone is 14. The Hall–Kier alpha value is -3.76. The Morgan fingerprint density at radius 3 is 0.883 bits per heavy atom. The van der Waals surface area contributed by atoms with Crippen LogP contribution in [0, 0.1) is 0 Å². The standard InChI is InChI=1S/C75H132O17P2/c1-5-9-13-17-21-25-29-31-32-33-34-35-36-38-42-44-48-52-56-60-73(78)86-66-71(92-75(80)62-58-54-50-46-40-28-24-20-16-12-8-4)68-90-94(83,84)88-64-69(76)63-87-93(81,82)89-67-70(91-74(79)61-57-53-49-45-39-27-23-19-15-11-7-3)65-85-72(77)59-55-51-47-43-41-37-30-26-22-18-14-10-6-2/h14,18-21,23-26,30-32,34-35,69-71,76H,5-13,15-17,22,27-29,33,36-68H2,1-4H3,(H,81,82)(H,83,84)/b18-14-,23-19-,24-20-,25-21-,30-26-,32-31-,35-34-. The predicted molar refractivity (Wildman–Crippen MR) is 381 cm³/mol. The molecule has 19 heteroatoms. The van der Waals surface area contributed by atoms with E-state index in [4.69, 9.17) is 37.0 Å². The first-order valence-corrected chi connectivity index (χ1v) is 39.8. The zero-order valence-corrected chi connectivity index (χ0v) is 60.9. The van der Waals surface area contributed by atoms with Gasteiger partial charge in [-0.3, -0.25) is 37.3 Å². The number of rotatable bonds is 69. The highest BCUT2D eigenvalue weighted by molar-refractivity contribution is 7.47. The zero-order valence-electron chi connectivity index (χ0n) is 59.1. The van der Waals surface area contributed by atoms with E-state index < -0.39 is 97.5 Å².